The summed E-state index contributed by atoms with van der Waals surface area (Å²) in [7, 11) is 0. The van der Waals surface area contributed by atoms with E-state index in [0.29, 0.717) is 30.8 Å². The van der Waals surface area contributed by atoms with E-state index in [1.165, 1.54) is 6.92 Å². The second-order valence-electron chi connectivity index (χ2n) is 9.82. The number of hydrogen-bond acceptors (Lipinski definition) is 6. The molecule has 3 aliphatic rings. The van der Waals surface area contributed by atoms with Crippen LogP contribution in [0.5, 0.6) is 0 Å². The van der Waals surface area contributed by atoms with Gasteiger partial charge in [0.15, 0.2) is 5.78 Å². The molecule has 6 heteroatoms. The molecule has 1 saturated carbocycles. The molecule has 0 bridgehead atoms. The van der Waals surface area contributed by atoms with Crippen LogP contribution in [-0.4, -0.2) is 30.3 Å². The molecule has 2 aliphatic carbocycles. The fourth-order valence-electron chi connectivity index (χ4n) is 5.94. The Morgan fingerprint density at radius 3 is 2.66 bits per heavy atom. The molecule has 0 aromatic rings. The van der Waals surface area contributed by atoms with Gasteiger partial charge in [-0.1, -0.05) is 45.6 Å². The van der Waals surface area contributed by atoms with Gasteiger partial charge in [0.25, 0.3) is 0 Å². The zero-order chi connectivity index (χ0) is 23.7. The Morgan fingerprint density at radius 2 is 2.03 bits per heavy atom. The zero-order valence-electron chi connectivity index (χ0n) is 19.8. The fourth-order valence-corrected chi connectivity index (χ4v) is 5.94. The molecule has 176 valence electrons. The standard InChI is InChI=1S/C26H36O6/c1-7-9-22(29)31-23-20-14-19(28)15-21-25(6,12-10-16(3)8-2)17(4)11-13-26(20,21)24(32-23)30-18(5)27/h8,14,17,21,23-24H,2-3,7,9-13,15H2,1,4-6H3/t17-,21+,23+,24-,25-,26-/m1/s1. The lowest BCUT2D eigenvalue weighted by Crippen LogP contribution is -2.56. The minimum absolute atomic E-state index is 0.00730. The lowest BCUT2D eigenvalue weighted by Gasteiger charge is -2.57. The topological polar surface area (TPSA) is 78.9 Å². The molecule has 1 aliphatic heterocycles. The maximum Gasteiger partial charge on any atom is 0.308 e. The van der Waals surface area contributed by atoms with Crippen LogP contribution in [0.1, 0.15) is 72.6 Å². The quantitative estimate of drug-likeness (QED) is 0.386. The summed E-state index contributed by atoms with van der Waals surface area (Å²) in [5.74, 6) is -0.612. The molecule has 32 heavy (non-hydrogen) atoms. The highest BCUT2D eigenvalue weighted by Gasteiger charge is 2.67. The van der Waals surface area contributed by atoms with Crippen LogP contribution in [0.25, 0.3) is 0 Å². The summed E-state index contributed by atoms with van der Waals surface area (Å²) >= 11 is 0. The van der Waals surface area contributed by atoms with Crippen LogP contribution in [0.15, 0.2) is 36.5 Å². The molecular weight excluding hydrogens is 408 g/mol. The van der Waals surface area contributed by atoms with Gasteiger partial charge in [0.1, 0.15) is 0 Å². The van der Waals surface area contributed by atoms with Gasteiger partial charge in [0.05, 0.1) is 5.41 Å². The summed E-state index contributed by atoms with van der Waals surface area (Å²) in [6.07, 6.45) is 5.90. The van der Waals surface area contributed by atoms with Crippen LogP contribution in [0.3, 0.4) is 0 Å². The van der Waals surface area contributed by atoms with Crippen molar-refractivity contribution in [1.82, 2.24) is 0 Å². The molecule has 0 aromatic heterocycles. The number of carbonyl (C=O) groups is 3. The third kappa shape index (κ3) is 4.21. The van der Waals surface area contributed by atoms with Crippen molar-refractivity contribution in [2.24, 2.45) is 22.7 Å². The molecule has 6 atom stereocenters. The van der Waals surface area contributed by atoms with E-state index in [1.54, 1.807) is 12.2 Å². The smallest absolute Gasteiger partial charge is 0.308 e. The lowest BCUT2D eigenvalue weighted by molar-refractivity contribution is -0.234. The summed E-state index contributed by atoms with van der Waals surface area (Å²) in [4.78, 5) is 37.2. The Kier molecular flexibility index (Phi) is 7.13. The predicted octanol–water partition coefficient (Wildman–Crippen LogP) is 5.04. The van der Waals surface area contributed by atoms with Crippen LogP contribution in [0.2, 0.25) is 0 Å². The number of allylic oxidation sites excluding steroid dienone is 3. The third-order valence-corrected chi connectivity index (χ3v) is 7.95. The Bertz CT molecular complexity index is 841. The van der Waals surface area contributed by atoms with Crippen molar-refractivity contribution >= 4 is 17.7 Å². The van der Waals surface area contributed by atoms with Gasteiger partial charge in [-0.25, -0.2) is 0 Å². The van der Waals surface area contributed by atoms with Crippen molar-refractivity contribution in [2.45, 2.75) is 85.2 Å². The normalized spacial score (nSPS) is 35.9. The van der Waals surface area contributed by atoms with Crippen LogP contribution in [-0.2, 0) is 28.6 Å². The van der Waals surface area contributed by atoms with E-state index < -0.39 is 24.0 Å². The number of esters is 2. The van der Waals surface area contributed by atoms with Gasteiger partial charge in [-0.15, -0.1) is 0 Å². The highest BCUT2D eigenvalue weighted by Crippen LogP contribution is 2.66. The van der Waals surface area contributed by atoms with E-state index in [0.717, 1.165) is 24.8 Å². The minimum atomic E-state index is -1.01. The van der Waals surface area contributed by atoms with E-state index in [1.807, 2.05) is 6.92 Å². The SMILES string of the molecule is C=CC(=C)CC[C@]1(C)[C@H](C)CC[C@@]23C(=CC(=O)C[C@@H]12)[C@@H](OC(=O)CCC)O[C@H]3OC(C)=O. The predicted molar refractivity (Wildman–Crippen MR) is 120 cm³/mol. The molecule has 1 spiro atoms. The number of hydrogen-bond donors (Lipinski definition) is 0. The molecule has 0 N–H and O–H groups in total. The summed E-state index contributed by atoms with van der Waals surface area (Å²) in [6.45, 7) is 15.6. The van der Waals surface area contributed by atoms with Crippen molar-refractivity contribution in [3.05, 3.63) is 36.5 Å². The summed E-state index contributed by atoms with van der Waals surface area (Å²) in [6, 6.07) is 0. The molecule has 3 rings (SSSR count). The van der Waals surface area contributed by atoms with Gasteiger partial charge < -0.3 is 9.47 Å². The Labute approximate surface area is 191 Å². The number of ketones is 1. The second-order valence-corrected chi connectivity index (χ2v) is 9.82. The summed E-state index contributed by atoms with van der Waals surface area (Å²) in [5.41, 5.74) is 0.702. The van der Waals surface area contributed by atoms with Gasteiger partial charge in [0.2, 0.25) is 12.6 Å². The highest BCUT2D eigenvalue weighted by molar-refractivity contribution is 5.92. The van der Waals surface area contributed by atoms with Crippen LogP contribution in [0.4, 0.5) is 0 Å². The first kappa shape index (κ1) is 24.4. The van der Waals surface area contributed by atoms with E-state index >= 15 is 0 Å². The van der Waals surface area contributed by atoms with E-state index in [-0.39, 0.29) is 29.5 Å². The fraction of sp³-hybridized carbons (Fsp3) is 0.654. The van der Waals surface area contributed by atoms with Gasteiger partial charge in [-0.3, -0.25) is 19.1 Å². The van der Waals surface area contributed by atoms with Crippen molar-refractivity contribution in [1.29, 1.82) is 0 Å². The molecule has 0 radical (unpaired) electrons. The van der Waals surface area contributed by atoms with Gasteiger partial charge in [-0.2, -0.15) is 0 Å². The zero-order valence-corrected chi connectivity index (χ0v) is 19.8. The van der Waals surface area contributed by atoms with Gasteiger partial charge in [-0.05, 0) is 55.4 Å². The number of rotatable bonds is 8. The average Bonchev–Trinajstić information content (AvgIpc) is 3.00. The third-order valence-electron chi connectivity index (χ3n) is 7.95. The Hall–Kier alpha value is -2.21. The molecule has 1 saturated heterocycles. The van der Waals surface area contributed by atoms with Crippen molar-refractivity contribution in [3.8, 4) is 0 Å². The second kappa shape index (κ2) is 9.34. The first-order valence-electron chi connectivity index (χ1n) is 11.7. The highest BCUT2D eigenvalue weighted by atomic mass is 16.8. The maximum atomic E-state index is 12.9. The minimum Gasteiger partial charge on any atom is -0.435 e. The average molecular weight is 445 g/mol. The van der Waals surface area contributed by atoms with Crippen LogP contribution < -0.4 is 0 Å². The van der Waals surface area contributed by atoms with E-state index in [2.05, 4.69) is 27.0 Å². The molecule has 0 aromatic carbocycles. The molecule has 6 nitrogen and oxygen atoms in total. The maximum absolute atomic E-state index is 12.9. The molecule has 2 fully saturated rings. The van der Waals surface area contributed by atoms with Gasteiger partial charge in [0, 0.05) is 25.3 Å². The van der Waals surface area contributed by atoms with Crippen LogP contribution >= 0.6 is 0 Å². The number of ether oxygens (including phenoxy) is 3. The molecule has 1 heterocycles. The molecule has 0 amide bonds. The molecular formula is C26H36O6. The first-order valence-corrected chi connectivity index (χ1v) is 11.7. The summed E-state index contributed by atoms with van der Waals surface area (Å²) in [5, 5.41) is 0. The van der Waals surface area contributed by atoms with Crippen LogP contribution in [0, 0.1) is 22.7 Å². The number of carbonyl (C=O) groups excluding carboxylic acids is 3. The summed E-state index contributed by atoms with van der Waals surface area (Å²) < 4.78 is 17.4. The Balaban J connectivity index is 2.06. The van der Waals surface area contributed by atoms with Gasteiger partial charge >= 0.3 is 11.9 Å². The van der Waals surface area contributed by atoms with Crippen molar-refractivity contribution in [2.75, 3.05) is 0 Å². The van der Waals surface area contributed by atoms with Crippen molar-refractivity contribution < 1.29 is 28.6 Å². The van der Waals surface area contributed by atoms with E-state index in [9.17, 15) is 14.4 Å². The van der Waals surface area contributed by atoms with E-state index in [4.69, 9.17) is 14.2 Å². The largest absolute Gasteiger partial charge is 0.435 e. The Morgan fingerprint density at radius 1 is 1.31 bits per heavy atom. The monoisotopic (exact) mass is 444 g/mol. The van der Waals surface area contributed by atoms with Crippen molar-refractivity contribution in [3.63, 3.8) is 0 Å². The first-order chi connectivity index (χ1) is 15.1. The molecule has 0 unspecified atom stereocenters. The lowest BCUT2D eigenvalue weighted by atomic mass is 9.46.